The summed E-state index contributed by atoms with van der Waals surface area (Å²) in [5.74, 6) is -1.89. The molecule has 1 N–H and O–H groups in total. The number of benzene rings is 1. The molecule has 0 aliphatic carbocycles. The fourth-order valence-corrected chi connectivity index (χ4v) is 3.83. The van der Waals surface area contributed by atoms with Gasteiger partial charge in [0.1, 0.15) is 41.4 Å². The molecular formula is C26H38FN3O8. The van der Waals surface area contributed by atoms with Crippen LogP contribution in [0.5, 0.6) is 5.75 Å². The molecule has 1 aromatic carbocycles. The van der Waals surface area contributed by atoms with E-state index >= 15 is 0 Å². The lowest BCUT2D eigenvalue weighted by atomic mass is 10.1. The van der Waals surface area contributed by atoms with Gasteiger partial charge in [-0.2, -0.15) is 0 Å². The van der Waals surface area contributed by atoms with Gasteiger partial charge in [-0.15, -0.1) is 0 Å². The maximum Gasteiger partial charge on any atom is 0.410 e. The molecule has 1 aliphatic heterocycles. The van der Waals surface area contributed by atoms with E-state index in [-0.39, 0.29) is 13.0 Å². The SMILES string of the molecule is COC(=O)[C@@H]1C[C@H](Oc2ccc(F)cc2)CN1C(=O)[C@@H](NC(=O)[C@H](C)N(C)C(=O)OC(C)(C)C)[C@@H](C)OC. The summed E-state index contributed by atoms with van der Waals surface area (Å²) >= 11 is 0. The highest BCUT2D eigenvalue weighted by atomic mass is 19.1. The molecular weight excluding hydrogens is 501 g/mol. The molecule has 1 aliphatic rings. The molecule has 12 heteroatoms. The summed E-state index contributed by atoms with van der Waals surface area (Å²) in [4.78, 5) is 54.1. The minimum absolute atomic E-state index is 0.0200. The van der Waals surface area contributed by atoms with Crippen LogP contribution in [0.15, 0.2) is 24.3 Å². The minimum Gasteiger partial charge on any atom is -0.488 e. The van der Waals surface area contributed by atoms with Gasteiger partial charge in [0.05, 0.1) is 19.8 Å². The Morgan fingerprint density at radius 1 is 1.11 bits per heavy atom. The maximum atomic E-state index is 13.7. The molecule has 1 fully saturated rings. The molecule has 5 atom stereocenters. The average molecular weight is 540 g/mol. The predicted molar refractivity (Wildman–Crippen MR) is 135 cm³/mol. The van der Waals surface area contributed by atoms with Gasteiger partial charge in [0, 0.05) is 20.6 Å². The summed E-state index contributed by atoms with van der Waals surface area (Å²) in [6, 6.07) is 2.26. The van der Waals surface area contributed by atoms with Crippen molar-refractivity contribution < 1.29 is 42.5 Å². The number of halogens is 1. The normalized spacial score (nSPS) is 19.7. The summed E-state index contributed by atoms with van der Waals surface area (Å²) in [5, 5.41) is 2.65. The molecule has 2 rings (SSSR count). The maximum absolute atomic E-state index is 13.7. The van der Waals surface area contributed by atoms with E-state index in [9.17, 15) is 23.6 Å². The van der Waals surface area contributed by atoms with Gasteiger partial charge in [-0.3, -0.25) is 14.5 Å². The van der Waals surface area contributed by atoms with Crippen LogP contribution in [0.25, 0.3) is 0 Å². The van der Waals surface area contributed by atoms with E-state index in [2.05, 4.69) is 5.32 Å². The average Bonchev–Trinajstić information content (AvgIpc) is 3.28. The van der Waals surface area contributed by atoms with Crippen molar-refractivity contribution in [2.75, 3.05) is 27.8 Å². The summed E-state index contributed by atoms with van der Waals surface area (Å²) in [6.45, 7) is 8.24. The van der Waals surface area contributed by atoms with Gasteiger partial charge in [-0.25, -0.2) is 14.0 Å². The van der Waals surface area contributed by atoms with Crippen molar-refractivity contribution in [3.63, 3.8) is 0 Å². The van der Waals surface area contributed by atoms with Gasteiger partial charge in [0.15, 0.2) is 0 Å². The van der Waals surface area contributed by atoms with E-state index in [4.69, 9.17) is 18.9 Å². The zero-order valence-electron chi connectivity index (χ0n) is 23.1. The lowest BCUT2D eigenvalue weighted by Crippen LogP contribution is -2.59. The van der Waals surface area contributed by atoms with E-state index in [1.807, 2.05) is 0 Å². The first kappa shape index (κ1) is 30.8. The highest BCUT2D eigenvalue weighted by Gasteiger charge is 2.45. The zero-order valence-corrected chi connectivity index (χ0v) is 23.1. The van der Waals surface area contributed by atoms with Gasteiger partial charge < -0.3 is 29.2 Å². The van der Waals surface area contributed by atoms with Gasteiger partial charge >= 0.3 is 12.1 Å². The molecule has 38 heavy (non-hydrogen) atoms. The molecule has 0 saturated carbocycles. The molecule has 212 valence electrons. The van der Waals surface area contributed by atoms with Crippen LogP contribution in [0.4, 0.5) is 9.18 Å². The Labute approximate surface area is 222 Å². The van der Waals surface area contributed by atoms with Crippen molar-refractivity contribution in [1.29, 1.82) is 0 Å². The molecule has 1 saturated heterocycles. The van der Waals surface area contributed by atoms with E-state index in [0.29, 0.717) is 5.75 Å². The van der Waals surface area contributed by atoms with Crippen molar-refractivity contribution in [2.45, 2.75) is 77.0 Å². The van der Waals surface area contributed by atoms with E-state index < -0.39 is 65.6 Å². The molecule has 0 radical (unpaired) electrons. The second-order valence-corrected chi connectivity index (χ2v) is 10.2. The number of nitrogens with one attached hydrogen (secondary N) is 1. The number of esters is 1. The number of rotatable bonds is 9. The first-order chi connectivity index (χ1) is 17.7. The fourth-order valence-electron chi connectivity index (χ4n) is 3.83. The Morgan fingerprint density at radius 2 is 1.71 bits per heavy atom. The Kier molecular flexibility index (Phi) is 10.5. The Bertz CT molecular complexity index is 997. The predicted octanol–water partition coefficient (Wildman–Crippen LogP) is 2.12. The molecule has 1 aromatic rings. The van der Waals surface area contributed by atoms with Crippen LogP contribution in [-0.2, 0) is 28.6 Å². The number of hydrogen-bond donors (Lipinski definition) is 1. The lowest BCUT2D eigenvalue weighted by molar-refractivity contribution is -0.153. The number of carbonyl (C=O) groups is 4. The first-order valence-corrected chi connectivity index (χ1v) is 12.3. The first-order valence-electron chi connectivity index (χ1n) is 12.3. The van der Waals surface area contributed by atoms with Gasteiger partial charge in [0.25, 0.3) is 0 Å². The number of ether oxygens (including phenoxy) is 4. The number of likely N-dealkylation sites (tertiary alicyclic amines) is 1. The second-order valence-electron chi connectivity index (χ2n) is 10.2. The summed E-state index contributed by atoms with van der Waals surface area (Å²) < 4.78 is 34.7. The Hall–Kier alpha value is -3.41. The molecule has 0 unspecified atom stereocenters. The number of nitrogens with zero attached hydrogens (tertiary/aromatic N) is 2. The molecule has 0 aromatic heterocycles. The smallest absolute Gasteiger partial charge is 0.410 e. The quantitative estimate of drug-likeness (QED) is 0.474. The van der Waals surface area contributed by atoms with Crippen molar-refractivity contribution in [1.82, 2.24) is 15.1 Å². The zero-order chi connectivity index (χ0) is 28.8. The summed E-state index contributed by atoms with van der Waals surface area (Å²) in [5.41, 5.74) is -0.754. The van der Waals surface area contributed by atoms with Gasteiger partial charge in [0.2, 0.25) is 11.8 Å². The molecule has 3 amide bonds. The largest absolute Gasteiger partial charge is 0.488 e. The number of methoxy groups -OCH3 is 2. The fraction of sp³-hybridized carbons (Fsp3) is 0.615. The topological polar surface area (TPSA) is 124 Å². The summed E-state index contributed by atoms with van der Waals surface area (Å²) in [6.07, 6.45) is -1.93. The number of likely N-dealkylation sites (N-methyl/N-ethyl adjacent to an activating group) is 1. The Morgan fingerprint density at radius 3 is 2.24 bits per heavy atom. The third kappa shape index (κ3) is 8.04. The van der Waals surface area contributed by atoms with Crippen molar-refractivity contribution in [2.24, 2.45) is 0 Å². The standard InChI is InChI=1S/C26H38FN3O8/c1-15(29(6)25(34)38-26(3,4)5)22(31)28-21(16(2)35-7)23(32)30-14-19(13-20(30)24(33)36-8)37-18-11-9-17(27)10-12-18/h9-12,15-16,19-21H,13-14H2,1-8H3,(H,28,31)/t15-,16+,19-,20-,21-/m0/s1. The monoisotopic (exact) mass is 539 g/mol. The molecule has 11 nitrogen and oxygen atoms in total. The van der Waals surface area contributed by atoms with E-state index in [1.54, 1.807) is 27.7 Å². The molecule has 0 spiro atoms. The summed E-state index contributed by atoms with van der Waals surface area (Å²) in [7, 11) is 4.01. The minimum atomic E-state index is -1.18. The van der Waals surface area contributed by atoms with Crippen LogP contribution in [0, 0.1) is 5.82 Å². The van der Waals surface area contributed by atoms with Crippen LogP contribution in [0.1, 0.15) is 41.0 Å². The molecule has 1 heterocycles. The highest BCUT2D eigenvalue weighted by Crippen LogP contribution is 2.26. The molecule has 0 bridgehead atoms. The van der Waals surface area contributed by atoms with E-state index in [1.165, 1.54) is 57.4 Å². The van der Waals surface area contributed by atoms with Gasteiger partial charge in [-0.1, -0.05) is 0 Å². The number of hydrogen-bond acceptors (Lipinski definition) is 8. The van der Waals surface area contributed by atoms with Crippen molar-refractivity contribution >= 4 is 23.9 Å². The highest BCUT2D eigenvalue weighted by molar-refractivity contribution is 5.93. The van der Waals surface area contributed by atoms with Crippen LogP contribution in [0.3, 0.4) is 0 Å². The number of carbonyl (C=O) groups excluding carboxylic acids is 4. The van der Waals surface area contributed by atoms with Crippen molar-refractivity contribution in [3.05, 3.63) is 30.1 Å². The third-order valence-corrected chi connectivity index (χ3v) is 6.18. The van der Waals surface area contributed by atoms with Crippen LogP contribution in [-0.4, -0.2) is 97.4 Å². The van der Waals surface area contributed by atoms with Gasteiger partial charge in [-0.05, 0) is 58.9 Å². The van der Waals surface area contributed by atoms with Crippen LogP contribution < -0.4 is 10.1 Å². The van der Waals surface area contributed by atoms with Crippen molar-refractivity contribution in [3.8, 4) is 5.75 Å². The second kappa shape index (κ2) is 12.9. The van der Waals surface area contributed by atoms with Crippen LogP contribution >= 0.6 is 0 Å². The Balaban J connectivity index is 2.21. The van der Waals surface area contributed by atoms with E-state index in [0.717, 1.165) is 4.90 Å². The third-order valence-electron chi connectivity index (χ3n) is 6.18. The lowest BCUT2D eigenvalue weighted by Gasteiger charge is -2.32. The number of amides is 3. The van der Waals surface area contributed by atoms with Crippen LogP contribution in [0.2, 0.25) is 0 Å².